The fraction of sp³-hybridized carbons (Fsp3) is 0.125. The number of nitrogens with zero attached hydrogens (tertiary/aromatic N) is 2. The molecule has 3 rings (SSSR count). The van der Waals surface area contributed by atoms with Crippen LogP contribution in [0.4, 0.5) is 15.8 Å². The number of rotatable bonds is 3. The first-order valence-corrected chi connectivity index (χ1v) is 6.73. The van der Waals surface area contributed by atoms with Gasteiger partial charge in [0.15, 0.2) is 0 Å². The van der Waals surface area contributed by atoms with Crippen LogP contribution in [0.25, 0.3) is 0 Å². The predicted octanol–water partition coefficient (Wildman–Crippen LogP) is 2.35. The van der Waals surface area contributed by atoms with Crippen LogP contribution < -0.4 is 9.96 Å². The van der Waals surface area contributed by atoms with Crippen LogP contribution in [0.3, 0.4) is 0 Å². The molecule has 1 N–H and O–H groups in total. The Hall–Kier alpha value is -2.73. The van der Waals surface area contributed by atoms with E-state index in [9.17, 15) is 19.2 Å². The van der Waals surface area contributed by atoms with Gasteiger partial charge in [0.25, 0.3) is 5.91 Å². The van der Waals surface area contributed by atoms with E-state index in [2.05, 4.69) is 0 Å². The number of para-hydroxylation sites is 1. The quantitative estimate of drug-likeness (QED) is 0.698. The van der Waals surface area contributed by atoms with E-state index in [4.69, 9.17) is 0 Å². The summed E-state index contributed by atoms with van der Waals surface area (Å²) in [5, 5.41) is 11.0. The molecule has 0 aromatic heterocycles. The molecular formula is C16H13FN2O3. The van der Waals surface area contributed by atoms with Crippen molar-refractivity contribution >= 4 is 23.2 Å². The van der Waals surface area contributed by atoms with Crippen LogP contribution in [0.1, 0.15) is 6.42 Å². The Morgan fingerprint density at radius 1 is 1.05 bits per heavy atom. The molecule has 1 fully saturated rings. The third-order valence-corrected chi connectivity index (χ3v) is 3.52. The summed E-state index contributed by atoms with van der Waals surface area (Å²) in [6.45, 7) is 0. The molecule has 0 bridgehead atoms. The molecule has 2 aromatic rings. The zero-order chi connectivity index (χ0) is 15.7. The summed E-state index contributed by atoms with van der Waals surface area (Å²) in [6.07, 6.45) is -0.137. The van der Waals surface area contributed by atoms with Gasteiger partial charge in [0.05, 0.1) is 17.8 Å². The second-order valence-electron chi connectivity index (χ2n) is 4.94. The van der Waals surface area contributed by atoms with E-state index in [1.165, 1.54) is 24.3 Å². The maximum absolute atomic E-state index is 13.0. The van der Waals surface area contributed by atoms with Crippen molar-refractivity contribution in [2.45, 2.75) is 12.5 Å². The van der Waals surface area contributed by atoms with Gasteiger partial charge < -0.3 is 0 Å². The second-order valence-corrected chi connectivity index (χ2v) is 4.94. The third-order valence-electron chi connectivity index (χ3n) is 3.52. The normalized spacial score (nSPS) is 17.9. The predicted molar refractivity (Wildman–Crippen MR) is 78.0 cm³/mol. The summed E-state index contributed by atoms with van der Waals surface area (Å²) in [7, 11) is 0. The van der Waals surface area contributed by atoms with Crippen molar-refractivity contribution < 1.29 is 19.2 Å². The first-order valence-electron chi connectivity index (χ1n) is 6.73. The van der Waals surface area contributed by atoms with Gasteiger partial charge in [-0.25, -0.2) is 14.4 Å². The summed E-state index contributed by atoms with van der Waals surface area (Å²) in [6, 6.07) is 12.6. The second kappa shape index (κ2) is 5.57. The van der Waals surface area contributed by atoms with Gasteiger partial charge in [0, 0.05) is 0 Å². The molecule has 1 saturated heterocycles. The molecule has 1 aliphatic heterocycles. The first kappa shape index (κ1) is 14.2. The summed E-state index contributed by atoms with van der Waals surface area (Å²) < 4.78 is 13.0. The van der Waals surface area contributed by atoms with E-state index in [1.807, 2.05) is 0 Å². The number of hydroxylamine groups is 1. The summed E-state index contributed by atoms with van der Waals surface area (Å²) in [4.78, 5) is 25.5. The lowest BCUT2D eigenvalue weighted by molar-refractivity contribution is -0.121. The minimum atomic E-state index is -0.986. The summed E-state index contributed by atoms with van der Waals surface area (Å²) in [5.74, 6) is -1.42. The van der Waals surface area contributed by atoms with Gasteiger partial charge in [0.2, 0.25) is 5.91 Å². The number of amides is 2. The molecule has 0 radical (unpaired) electrons. The minimum absolute atomic E-state index is 0.137. The Labute approximate surface area is 126 Å². The number of carbonyl (C=O) groups excluding carboxylic acids is 2. The maximum Gasteiger partial charge on any atom is 0.259 e. The van der Waals surface area contributed by atoms with Crippen LogP contribution in [0.15, 0.2) is 54.6 Å². The molecule has 1 atom stereocenters. The van der Waals surface area contributed by atoms with Gasteiger partial charge in [-0.15, -0.1) is 0 Å². The molecule has 0 aliphatic carbocycles. The molecule has 112 valence electrons. The van der Waals surface area contributed by atoms with E-state index in [0.29, 0.717) is 11.4 Å². The number of hydrogen-bond donors (Lipinski definition) is 1. The summed E-state index contributed by atoms with van der Waals surface area (Å²) >= 11 is 0. The molecule has 1 heterocycles. The number of benzene rings is 2. The molecule has 2 aromatic carbocycles. The van der Waals surface area contributed by atoms with E-state index >= 15 is 0 Å². The topological polar surface area (TPSA) is 60.9 Å². The highest BCUT2D eigenvalue weighted by Gasteiger charge is 2.43. The Bertz CT molecular complexity index is 703. The molecule has 5 nitrogen and oxygen atoms in total. The average molecular weight is 300 g/mol. The van der Waals surface area contributed by atoms with Gasteiger partial charge in [-0.3, -0.25) is 14.8 Å². The van der Waals surface area contributed by atoms with Crippen molar-refractivity contribution in [3.05, 3.63) is 60.4 Å². The van der Waals surface area contributed by atoms with Gasteiger partial charge in [-0.05, 0) is 36.4 Å². The molecule has 0 spiro atoms. The standard InChI is InChI=1S/C16H13FN2O3/c17-11-6-8-12(9-7-11)18-15(20)10-14(16(18)21)19(22)13-4-2-1-3-5-13/h1-9,14,22H,10H2. The van der Waals surface area contributed by atoms with Crippen LogP contribution >= 0.6 is 0 Å². The smallest absolute Gasteiger partial charge is 0.259 e. The maximum atomic E-state index is 13.0. The van der Waals surface area contributed by atoms with Crippen LogP contribution in [-0.2, 0) is 9.59 Å². The lowest BCUT2D eigenvalue weighted by atomic mass is 10.2. The van der Waals surface area contributed by atoms with Gasteiger partial charge in [-0.1, -0.05) is 18.2 Å². The molecule has 22 heavy (non-hydrogen) atoms. The van der Waals surface area contributed by atoms with Crippen molar-refractivity contribution in [2.75, 3.05) is 9.96 Å². The molecule has 0 saturated carbocycles. The molecule has 2 amide bonds. The average Bonchev–Trinajstić information content (AvgIpc) is 2.83. The Balaban J connectivity index is 1.87. The lowest BCUT2D eigenvalue weighted by Gasteiger charge is -2.22. The Morgan fingerprint density at radius 3 is 2.32 bits per heavy atom. The Kier molecular flexibility index (Phi) is 3.60. The van der Waals surface area contributed by atoms with E-state index in [0.717, 1.165) is 9.96 Å². The van der Waals surface area contributed by atoms with Crippen molar-refractivity contribution in [2.24, 2.45) is 0 Å². The van der Waals surface area contributed by atoms with Crippen molar-refractivity contribution in [3.8, 4) is 0 Å². The molecule has 1 unspecified atom stereocenters. The fourth-order valence-electron chi connectivity index (χ4n) is 2.43. The highest BCUT2D eigenvalue weighted by molar-refractivity contribution is 6.23. The van der Waals surface area contributed by atoms with Crippen LogP contribution in [0.2, 0.25) is 0 Å². The van der Waals surface area contributed by atoms with Gasteiger partial charge in [0.1, 0.15) is 11.9 Å². The molecule has 1 aliphatic rings. The number of carbonyl (C=O) groups is 2. The SMILES string of the molecule is O=C1CC(N(O)c2ccccc2)C(=O)N1c1ccc(F)cc1. The van der Waals surface area contributed by atoms with Crippen molar-refractivity contribution in [1.82, 2.24) is 0 Å². The van der Waals surface area contributed by atoms with Gasteiger partial charge in [-0.2, -0.15) is 0 Å². The van der Waals surface area contributed by atoms with Crippen LogP contribution in [0, 0.1) is 5.82 Å². The van der Waals surface area contributed by atoms with Crippen LogP contribution in [0.5, 0.6) is 0 Å². The molecule has 6 heteroatoms. The van der Waals surface area contributed by atoms with E-state index in [1.54, 1.807) is 30.3 Å². The van der Waals surface area contributed by atoms with Crippen LogP contribution in [-0.4, -0.2) is 23.1 Å². The first-order chi connectivity index (χ1) is 10.6. The zero-order valence-corrected chi connectivity index (χ0v) is 11.5. The number of anilines is 2. The number of hydrogen-bond acceptors (Lipinski definition) is 4. The monoisotopic (exact) mass is 300 g/mol. The van der Waals surface area contributed by atoms with E-state index < -0.39 is 23.7 Å². The Morgan fingerprint density at radius 2 is 1.68 bits per heavy atom. The highest BCUT2D eigenvalue weighted by atomic mass is 19.1. The van der Waals surface area contributed by atoms with E-state index in [-0.39, 0.29) is 6.42 Å². The van der Waals surface area contributed by atoms with Gasteiger partial charge >= 0.3 is 0 Å². The van der Waals surface area contributed by atoms with Crippen molar-refractivity contribution in [3.63, 3.8) is 0 Å². The molecular weight excluding hydrogens is 287 g/mol. The number of imide groups is 1. The zero-order valence-electron chi connectivity index (χ0n) is 11.5. The number of halogens is 1. The largest absolute Gasteiger partial charge is 0.288 e. The lowest BCUT2D eigenvalue weighted by Crippen LogP contribution is -2.40. The van der Waals surface area contributed by atoms with Crippen molar-refractivity contribution in [1.29, 1.82) is 0 Å². The third kappa shape index (κ3) is 2.44. The summed E-state index contributed by atoms with van der Waals surface area (Å²) in [5.41, 5.74) is 0.718. The fourth-order valence-corrected chi connectivity index (χ4v) is 2.43. The highest BCUT2D eigenvalue weighted by Crippen LogP contribution is 2.27. The minimum Gasteiger partial charge on any atom is -0.288 e.